The molecule has 0 atom stereocenters. The summed E-state index contributed by atoms with van der Waals surface area (Å²) >= 11 is 0. The van der Waals surface area contributed by atoms with Gasteiger partial charge in [-0.3, -0.25) is 13.9 Å². The molecule has 0 bridgehead atoms. The van der Waals surface area contributed by atoms with Gasteiger partial charge in [-0.05, 0) is 17.2 Å². The SMILES string of the molecule is O=C(Cc1ccccc1)NC1=C(C(=O)c2ccccc2)N(Cc2ccccc2)S(=O)(=O)c2ccccc21. The smallest absolute Gasteiger partial charge is 0.265 e. The number of nitrogens with zero attached hydrogens (tertiary/aromatic N) is 1. The number of hydrogen-bond donors (Lipinski definition) is 1. The summed E-state index contributed by atoms with van der Waals surface area (Å²) in [6.45, 7) is -0.0660. The van der Waals surface area contributed by atoms with E-state index in [1.165, 1.54) is 6.07 Å². The Labute approximate surface area is 215 Å². The minimum atomic E-state index is -4.11. The number of rotatable bonds is 7. The highest BCUT2D eigenvalue weighted by Crippen LogP contribution is 2.38. The molecule has 7 heteroatoms. The fourth-order valence-corrected chi connectivity index (χ4v) is 6.02. The van der Waals surface area contributed by atoms with E-state index in [1.54, 1.807) is 60.7 Å². The van der Waals surface area contributed by atoms with E-state index in [1.807, 2.05) is 48.5 Å². The van der Waals surface area contributed by atoms with Crippen LogP contribution in [0.5, 0.6) is 0 Å². The van der Waals surface area contributed by atoms with Gasteiger partial charge in [0.25, 0.3) is 10.0 Å². The van der Waals surface area contributed by atoms with E-state index in [0.717, 1.165) is 9.87 Å². The molecule has 0 saturated heterocycles. The van der Waals surface area contributed by atoms with Crippen LogP contribution in [0.25, 0.3) is 5.70 Å². The lowest BCUT2D eigenvalue weighted by Gasteiger charge is -2.34. The standard InChI is InChI=1S/C30H24N2O4S/c33-27(20-22-12-4-1-5-13-22)31-28-25-18-10-11-19-26(25)37(35,36)32(21-23-14-6-2-7-15-23)29(28)30(34)24-16-8-3-9-17-24/h1-19H,20-21H2,(H,31,33). The average Bonchev–Trinajstić information content (AvgIpc) is 2.93. The van der Waals surface area contributed by atoms with Gasteiger partial charge in [0.05, 0.1) is 23.6 Å². The Bertz CT molecular complexity index is 1580. The Morgan fingerprint density at radius 3 is 1.86 bits per heavy atom. The van der Waals surface area contributed by atoms with Crippen LogP contribution in [0.4, 0.5) is 0 Å². The highest BCUT2D eigenvalue weighted by Gasteiger charge is 2.40. The van der Waals surface area contributed by atoms with Crippen LogP contribution in [0.1, 0.15) is 27.0 Å². The van der Waals surface area contributed by atoms with Crippen molar-refractivity contribution in [1.29, 1.82) is 0 Å². The van der Waals surface area contributed by atoms with Gasteiger partial charge in [-0.2, -0.15) is 0 Å². The van der Waals surface area contributed by atoms with Gasteiger partial charge in [0.15, 0.2) is 0 Å². The molecule has 0 aliphatic carbocycles. The van der Waals surface area contributed by atoms with Crippen LogP contribution < -0.4 is 5.32 Å². The molecule has 1 N–H and O–H groups in total. The summed E-state index contributed by atoms with van der Waals surface area (Å²) in [6.07, 6.45) is 0.0742. The van der Waals surface area contributed by atoms with Crippen LogP contribution in [0.3, 0.4) is 0 Å². The van der Waals surface area contributed by atoms with Crippen LogP contribution in [0, 0.1) is 0 Å². The molecule has 0 spiro atoms. The molecule has 184 valence electrons. The predicted octanol–water partition coefficient (Wildman–Crippen LogP) is 4.80. The molecule has 4 aromatic carbocycles. The number of fused-ring (bicyclic) bond motifs is 1. The van der Waals surface area contributed by atoms with E-state index in [0.29, 0.717) is 11.1 Å². The van der Waals surface area contributed by atoms with Crippen molar-refractivity contribution >= 4 is 27.4 Å². The number of nitrogens with one attached hydrogen (secondary N) is 1. The molecule has 1 amide bonds. The maximum Gasteiger partial charge on any atom is 0.265 e. The molecular weight excluding hydrogens is 484 g/mol. The fraction of sp³-hybridized carbons (Fsp3) is 0.0667. The monoisotopic (exact) mass is 508 g/mol. The summed E-state index contributed by atoms with van der Waals surface area (Å²) in [5, 5.41) is 2.89. The molecule has 6 nitrogen and oxygen atoms in total. The maximum atomic E-state index is 13.9. The van der Waals surface area contributed by atoms with Gasteiger partial charge in [-0.1, -0.05) is 109 Å². The van der Waals surface area contributed by atoms with Crippen molar-refractivity contribution in [3.63, 3.8) is 0 Å². The minimum Gasteiger partial charge on any atom is -0.323 e. The summed E-state index contributed by atoms with van der Waals surface area (Å²) < 4.78 is 28.9. The van der Waals surface area contributed by atoms with Gasteiger partial charge in [-0.15, -0.1) is 0 Å². The van der Waals surface area contributed by atoms with Crippen LogP contribution in [-0.2, 0) is 27.8 Å². The predicted molar refractivity (Wildman–Crippen MR) is 142 cm³/mol. The second-order valence-corrected chi connectivity index (χ2v) is 10.5. The number of Topliss-reactive ketones (excluding diaryl/α,β-unsaturated/α-hetero) is 1. The van der Waals surface area contributed by atoms with Crippen LogP contribution >= 0.6 is 0 Å². The third-order valence-corrected chi connectivity index (χ3v) is 7.91. The van der Waals surface area contributed by atoms with E-state index in [-0.39, 0.29) is 40.7 Å². The molecule has 1 aliphatic rings. The third-order valence-electron chi connectivity index (χ3n) is 6.10. The number of carbonyl (C=O) groups excluding carboxylic acids is 2. The first kappa shape index (κ1) is 24.2. The zero-order valence-corrected chi connectivity index (χ0v) is 20.7. The zero-order valence-electron chi connectivity index (χ0n) is 19.9. The Kier molecular flexibility index (Phi) is 6.70. The summed E-state index contributed by atoms with van der Waals surface area (Å²) in [5.41, 5.74) is 2.20. The molecule has 0 aromatic heterocycles. The second-order valence-electron chi connectivity index (χ2n) is 8.62. The Morgan fingerprint density at radius 1 is 0.676 bits per heavy atom. The summed E-state index contributed by atoms with van der Waals surface area (Å²) in [4.78, 5) is 27.2. The van der Waals surface area contributed by atoms with Crippen LogP contribution in [0.15, 0.2) is 126 Å². The molecule has 0 fully saturated rings. The molecule has 0 unspecified atom stereocenters. The number of allylic oxidation sites excluding steroid dienone is 1. The highest BCUT2D eigenvalue weighted by atomic mass is 32.2. The van der Waals surface area contributed by atoms with Crippen molar-refractivity contribution in [2.45, 2.75) is 17.9 Å². The van der Waals surface area contributed by atoms with Crippen LogP contribution in [0.2, 0.25) is 0 Å². The number of hydrogen-bond acceptors (Lipinski definition) is 4. The Hall–Kier alpha value is -4.49. The lowest BCUT2D eigenvalue weighted by atomic mass is 10.0. The number of ketones is 1. The van der Waals surface area contributed by atoms with E-state index in [4.69, 9.17) is 0 Å². The van der Waals surface area contributed by atoms with Gasteiger partial charge in [0.1, 0.15) is 5.70 Å². The Morgan fingerprint density at radius 2 is 1.22 bits per heavy atom. The number of sulfonamides is 1. The second kappa shape index (κ2) is 10.2. The van der Waals surface area contributed by atoms with Crippen molar-refractivity contribution in [2.75, 3.05) is 0 Å². The molecular formula is C30H24N2O4S. The van der Waals surface area contributed by atoms with Gasteiger partial charge < -0.3 is 5.32 Å². The first-order valence-electron chi connectivity index (χ1n) is 11.8. The molecule has 1 heterocycles. The van der Waals surface area contributed by atoms with Crippen molar-refractivity contribution in [1.82, 2.24) is 9.62 Å². The van der Waals surface area contributed by atoms with Crippen molar-refractivity contribution in [3.05, 3.63) is 143 Å². The van der Waals surface area contributed by atoms with Crippen LogP contribution in [-0.4, -0.2) is 24.4 Å². The van der Waals surface area contributed by atoms with Crippen molar-refractivity contribution < 1.29 is 18.0 Å². The summed E-state index contributed by atoms with van der Waals surface area (Å²) in [6, 6.07) is 33.2. The molecule has 37 heavy (non-hydrogen) atoms. The lowest BCUT2D eigenvalue weighted by Crippen LogP contribution is -2.41. The van der Waals surface area contributed by atoms with Crippen molar-refractivity contribution in [2.24, 2.45) is 0 Å². The minimum absolute atomic E-state index is 0.0329. The highest BCUT2D eigenvalue weighted by molar-refractivity contribution is 7.89. The maximum absolute atomic E-state index is 13.9. The number of amides is 1. The van der Waals surface area contributed by atoms with E-state index < -0.39 is 15.8 Å². The van der Waals surface area contributed by atoms with Gasteiger partial charge in [0, 0.05) is 11.1 Å². The van der Waals surface area contributed by atoms with Crippen molar-refractivity contribution in [3.8, 4) is 0 Å². The molecule has 0 saturated carbocycles. The zero-order chi connectivity index (χ0) is 25.8. The Balaban J connectivity index is 1.69. The largest absolute Gasteiger partial charge is 0.323 e. The van der Waals surface area contributed by atoms with Gasteiger partial charge in [0.2, 0.25) is 11.7 Å². The number of carbonyl (C=O) groups is 2. The van der Waals surface area contributed by atoms with E-state index in [9.17, 15) is 18.0 Å². The third kappa shape index (κ3) is 4.94. The lowest BCUT2D eigenvalue weighted by molar-refractivity contribution is -0.119. The molecule has 1 aliphatic heterocycles. The van der Waals surface area contributed by atoms with Gasteiger partial charge in [-0.25, -0.2) is 8.42 Å². The average molecular weight is 509 g/mol. The molecule has 0 radical (unpaired) electrons. The normalized spacial score (nSPS) is 14.1. The summed E-state index contributed by atoms with van der Waals surface area (Å²) in [7, 11) is -4.11. The van der Waals surface area contributed by atoms with E-state index >= 15 is 0 Å². The fourth-order valence-electron chi connectivity index (χ4n) is 4.35. The molecule has 4 aromatic rings. The summed E-state index contributed by atoms with van der Waals surface area (Å²) in [5.74, 6) is -0.849. The first-order chi connectivity index (χ1) is 17.9. The van der Waals surface area contributed by atoms with Gasteiger partial charge >= 0.3 is 0 Å². The first-order valence-corrected chi connectivity index (χ1v) is 13.2. The molecule has 5 rings (SSSR count). The topological polar surface area (TPSA) is 83.6 Å². The number of benzene rings is 4. The van der Waals surface area contributed by atoms with E-state index in [2.05, 4.69) is 5.32 Å². The quantitative estimate of drug-likeness (QED) is 0.364.